The van der Waals surface area contributed by atoms with E-state index in [0.717, 1.165) is 11.3 Å². The predicted octanol–water partition coefficient (Wildman–Crippen LogP) is 1.87. The van der Waals surface area contributed by atoms with Gasteiger partial charge in [0.15, 0.2) is 0 Å². The third kappa shape index (κ3) is 2.97. The zero-order chi connectivity index (χ0) is 12.8. The fourth-order valence-electron chi connectivity index (χ4n) is 1.74. The highest BCUT2D eigenvalue weighted by Crippen LogP contribution is 2.24. The van der Waals surface area contributed by atoms with Gasteiger partial charge in [-0.05, 0) is 25.5 Å². The molecule has 90 valence electrons. The van der Waals surface area contributed by atoms with Crippen molar-refractivity contribution < 1.29 is 9.53 Å². The molecule has 0 aromatic heterocycles. The Bertz CT molecular complexity index is 449. The van der Waals surface area contributed by atoms with Gasteiger partial charge in [0.1, 0.15) is 12.6 Å². The monoisotopic (exact) mass is 232 g/mol. The molecule has 0 aliphatic carbocycles. The van der Waals surface area contributed by atoms with Gasteiger partial charge in [0, 0.05) is 6.54 Å². The van der Waals surface area contributed by atoms with Gasteiger partial charge in [-0.15, -0.1) is 0 Å². The van der Waals surface area contributed by atoms with Gasteiger partial charge in [-0.2, -0.15) is 5.26 Å². The van der Waals surface area contributed by atoms with Gasteiger partial charge in [0.05, 0.1) is 18.4 Å². The summed E-state index contributed by atoms with van der Waals surface area (Å²) in [7, 11) is 1.36. The molecule has 0 amide bonds. The SMILES string of the molecule is CCN(CC(=O)OC)c1c(C)cccc1C#N. The number of hydrogen-bond donors (Lipinski definition) is 0. The van der Waals surface area contributed by atoms with Crippen molar-refractivity contribution in [2.75, 3.05) is 25.1 Å². The maximum Gasteiger partial charge on any atom is 0.325 e. The van der Waals surface area contributed by atoms with E-state index in [1.54, 1.807) is 6.07 Å². The van der Waals surface area contributed by atoms with E-state index in [4.69, 9.17) is 5.26 Å². The summed E-state index contributed by atoms with van der Waals surface area (Å²) >= 11 is 0. The Morgan fingerprint density at radius 1 is 1.53 bits per heavy atom. The molecule has 0 unspecified atom stereocenters. The Hall–Kier alpha value is -2.02. The van der Waals surface area contributed by atoms with Crippen LogP contribution in [0.25, 0.3) is 0 Å². The van der Waals surface area contributed by atoms with Crippen molar-refractivity contribution in [1.82, 2.24) is 0 Å². The number of carbonyl (C=O) groups is 1. The lowest BCUT2D eigenvalue weighted by molar-refractivity contribution is -0.138. The number of anilines is 1. The standard InChI is InChI=1S/C13H16N2O2/c1-4-15(9-12(16)17-3)13-10(2)6-5-7-11(13)8-14/h5-7H,4,9H2,1-3H3. The van der Waals surface area contributed by atoms with Gasteiger partial charge in [0.25, 0.3) is 0 Å². The number of methoxy groups -OCH3 is 1. The van der Waals surface area contributed by atoms with Gasteiger partial charge in [0.2, 0.25) is 0 Å². The summed E-state index contributed by atoms with van der Waals surface area (Å²) in [4.78, 5) is 13.2. The minimum atomic E-state index is -0.306. The average Bonchev–Trinajstić information content (AvgIpc) is 2.35. The summed E-state index contributed by atoms with van der Waals surface area (Å²) in [5.74, 6) is -0.306. The molecule has 0 bridgehead atoms. The molecule has 0 spiro atoms. The maximum absolute atomic E-state index is 11.3. The van der Waals surface area contributed by atoms with Gasteiger partial charge in [-0.1, -0.05) is 12.1 Å². The Morgan fingerprint density at radius 2 is 2.24 bits per heavy atom. The number of rotatable bonds is 4. The minimum absolute atomic E-state index is 0.159. The first-order chi connectivity index (χ1) is 8.13. The lowest BCUT2D eigenvalue weighted by atomic mass is 10.1. The van der Waals surface area contributed by atoms with E-state index in [1.807, 2.05) is 30.9 Å². The second kappa shape index (κ2) is 5.90. The number of hydrogen-bond acceptors (Lipinski definition) is 4. The van der Waals surface area contributed by atoms with E-state index in [0.29, 0.717) is 12.1 Å². The third-order valence-corrected chi connectivity index (χ3v) is 2.60. The first-order valence-corrected chi connectivity index (χ1v) is 5.45. The number of nitrogens with zero attached hydrogens (tertiary/aromatic N) is 2. The number of likely N-dealkylation sites (N-methyl/N-ethyl adjacent to an activating group) is 1. The molecule has 1 aromatic carbocycles. The third-order valence-electron chi connectivity index (χ3n) is 2.60. The van der Waals surface area contributed by atoms with Gasteiger partial charge in [-0.3, -0.25) is 4.79 Å². The topological polar surface area (TPSA) is 53.3 Å². The molecule has 0 aliphatic rings. The fourth-order valence-corrected chi connectivity index (χ4v) is 1.74. The number of aryl methyl sites for hydroxylation is 1. The van der Waals surface area contributed by atoms with E-state index in [9.17, 15) is 4.79 Å². The maximum atomic E-state index is 11.3. The normalized spacial score (nSPS) is 9.53. The highest BCUT2D eigenvalue weighted by Gasteiger charge is 2.15. The van der Waals surface area contributed by atoms with Gasteiger partial charge >= 0.3 is 5.97 Å². The molecule has 4 heteroatoms. The molecule has 1 rings (SSSR count). The van der Waals surface area contributed by atoms with Gasteiger partial charge < -0.3 is 9.64 Å². The molecule has 0 N–H and O–H groups in total. The van der Waals surface area contributed by atoms with Crippen molar-refractivity contribution in [2.45, 2.75) is 13.8 Å². The first-order valence-electron chi connectivity index (χ1n) is 5.45. The average molecular weight is 232 g/mol. The molecule has 0 aliphatic heterocycles. The molecule has 0 atom stereocenters. The number of ether oxygens (including phenoxy) is 1. The van der Waals surface area contributed by atoms with Crippen LogP contribution in [0.3, 0.4) is 0 Å². The largest absolute Gasteiger partial charge is 0.468 e. The van der Waals surface area contributed by atoms with Crippen molar-refractivity contribution in [1.29, 1.82) is 5.26 Å². The summed E-state index contributed by atoms with van der Waals surface area (Å²) < 4.78 is 4.65. The second-order valence-electron chi connectivity index (χ2n) is 3.67. The summed E-state index contributed by atoms with van der Waals surface area (Å²) in [6, 6.07) is 7.66. The summed E-state index contributed by atoms with van der Waals surface area (Å²) in [6.45, 7) is 4.67. The fraction of sp³-hybridized carbons (Fsp3) is 0.385. The minimum Gasteiger partial charge on any atom is -0.468 e. The Morgan fingerprint density at radius 3 is 2.76 bits per heavy atom. The summed E-state index contributed by atoms with van der Waals surface area (Å²) in [5, 5.41) is 9.09. The number of carbonyl (C=O) groups excluding carboxylic acids is 1. The van der Waals surface area contributed by atoms with Crippen LogP contribution in [0.15, 0.2) is 18.2 Å². The Kier molecular flexibility index (Phi) is 4.53. The molecule has 0 fully saturated rings. The van der Waals surface area contributed by atoms with Crippen molar-refractivity contribution >= 4 is 11.7 Å². The van der Waals surface area contributed by atoms with Crippen molar-refractivity contribution in [3.63, 3.8) is 0 Å². The lowest BCUT2D eigenvalue weighted by Crippen LogP contribution is -2.31. The molecule has 0 saturated carbocycles. The van der Waals surface area contributed by atoms with Crippen molar-refractivity contribution in [3.8, 4) is 6.07 Å². The molecule has 4 nitrogen and oxygen atoms in total. The number of nitriles is 1. The molecular formula is C13H16N2O2. The number of para-hydroxylation sites is 1. The quantitative estimate of drug-likeness (QED) is 0.744. The Labute approximate surface area is 101 Å². The Balaban J connectivity index is 3.11. The lowest BCUT2D eigenvalue weighted by Gasteiger charge is -2.24. The molecule has 0 saturated heterocycles. The van der Waals surface area contributed by atoms with Crippen LogP contribution in [0.5, 0.6) is 0 Å². The zero-order valence-corrected chi connectivity index (χ0v) is 10.4. The molecule has 0 heterocycles. The van der Waals surface area contributed by atoms with Crippen molar-refractivity contribution in [3.05, 3.63) is 29.3 Å². The van der Waals surface area contributed by atoms with Crippen LogP contribution in [0.4, 0.5) is 5.69 Å². The highest BCUT2D eigenvalue weighted by atomic mass is 16.5. The van der Waals surface area contributed by atoms with Crippen LogP contribution in [-0.4, -0.2) is 26.2 Å². The summed E-state index contributed by atoms with van der Waals surface area (Å²) in [6.07, 6.45) is 0. The van der Waals surface area contributed by atoms with Crippen molar-refractivity contribution in [2.24, 2.45) is 0 Å². The molecule has 17 heavy (non-hydrogen) atoms. The molecular weight excluding hydrogens is 216 g/mol. The van der Waals surface area contributed by atoms with Crippen LogP contribution in [-0.2, 0) is 9.53 Å². The van der Waals surface area contributed by atoms with E-state index < -0.39 is 0 Å². The highest BCUT2D eigenvalue weighted by molar-refractivity contribution is 5.77. The zero-order valence-electron chi connectivity index (χ0n) is 10.4. The van der Waals surface area contributed by atoms with Crippen LogP contribution in [0.1, 0.15) is 18.1 Å². The van der Waals surface area contributed by atoms with E-state index in [1.165, 1.54) is 7.11 Å². The number of esters is 1. The molecule has 1 aromatic rings. The first kappa shape index (κ1) is 13.0. The predicted molar refractivity (Wildman–Crippen MR) is 65.8 cm³/mol. The van der Waals surface area contributed by atoms with Gasteiger partial charge in [-0.25, -0.2) is 0 Å². The van der Waals surface area contributed by atoms with E-state index >= 15 is 0 Å². The van der Waals surface area contributed by atoms with Crippen LogP contribution in [0.2, 0.25) is 0 Å². The van der Waals surface area contributed by atoms with Crippen LogP contribution in [0, 0.1) is 18.3 Å². The van der Waals surface area contributed by atoms with Crippen LogP contribution >= 0.6 is 0 Å². The van der Waals surface area contributed by atoms with E-state index in [2.05, 4.69) is 10.8 Å². The molecule has 0 radical (unpaired) electrons. The smallest absolute Gasteiger partial charge is 0.325 e. The summed E-state index contributed by atoms with van der Waals surface area (Å²) in [5.41, 5.74) is 2.37. The number of benzene rings is 1. The second-order valence-corrected chi connectivity index (χ2v) is 3.67. The van der Waals surface area contributed by atoms with E-state index in [-0.39, 0.29) is 12.5 Å². The van der Waals surface area contributed by atoms with Crippen LogP contribution < -0.4 is 4.90 Å².